The molecule has 1 atom stereocenters. The fourth-order valence-electron chi connectivity index (χ4n) is 6.13. The lowest BCUT2D eigenvalue weighted by Crippen LogP contribution is -2.40. The van der Waals surface area contributed by atoms with Gasteiger partial charge in [0.15, 0.2) is 0 Å². The predicted octanol–water partition coefficient (Wildman–Crippen LogP) is 9.41. The van der Waals surface area contributed by atoms with Crippen molar-refractivity contribution in [1.29, 1.82) is 0 Å². The van der Waals surface area contributed by atoms with E-state index in [9.17, 15) is 4.79 Å². The smallest absolute Gasteiger partial charge is 0.410 e. The highest BCUT2D eigenvalue weighted by molar-refractivity contribution is 6.04. The van der Waals surface area contributed by atoms with Crippen LogP contribution in [0, 0.1) is 17.8 Å². The van der Waals surface area contributed by atoms with E-state index in [-0.39, 0.29) is 12.0 Å². The molecule has 3 aliphatic rings. The first-order valence-electron chi connectivity index (χ1n) is 15.3. The van der Waals surface area contributed by atoms with Gasteiger partial charge in [-0.15, -0.1) is 0 Å². The van der Waals surface area contributed by atoms with Crippen LogP contribution in [0.15, 0.2) is 63.2 Å². The summed E-state index contributed by atoms with van der Waals surface area (Å²) in [6, 6.07) is 0. The van der Waals surface area contributed by atoms with E-state index >= 15 is 0 Å². The highest BCUT2D eigenvalue weighted by Gasteiger charge is 2.32. The van der Waals surface area contributed by atoms with Crippen LogP contribution in [-0.2, 0) is 4.74 Å². The number of amides is 1. The van der Waals surface area contributed by atoms with Crippen molar-refractivity contribution in [2.24, 2.45) is 22.7 Å². The number of allylic oxidation sites excluding steroid dienone is 8. The summed E-state index contributed by atoms with van der Waals surface area (Å²) >= 11 is 0. The molecule has 1 aliphatic heterocycles. The summed E-state index contributed by atoms with van der Waals surface area (Å²) < 4.78 is 5.69. The molecule has 1 amide bonds. The topological polar surface area (TPSA) is 41.9 Å². The Morgan fingerprint density at radius 1 is 1.08 bits per heavy atom. The van der Waals surface area contributed by atoms with E-state index in [4.69, 9.17) is 9.73 Å². The van der Waals surface area contributed by atoms with Crippen LogP contribution in [0.4, 0.5) is 4.79 Å². The summed E-state index contributed by atoms with van der Waals surface area (Å²) in [5.41, 5.74) is 8.41. The van der Waals surface area contributed by atoms with E-state index in [2.05, 4.69) is 52.5 Å². The normalized spacial score (nSPS) is 24.8. The molecule has 0 N–H and O–H groups in total. The van der Waals surface area contributed by atoms with Crippen molar-refractivity contribution in [3.05, 3.63) is 58.2 Å². The van der Waals surface area contributed by atoms with Gasteiger partial charge in [0.2, 0.25) is 0 Å². The quantitative estimate of drug-likeness (QED) is 0.241. The van der Waals surface area contributed by atoms with Gasteiger partial charge in [-0.05, 0) is 115 Å². The number of carbonyl (C=O) groups excluding carboxylic acids is 1. The van der Waals surface area contributed by atoms with Gasteiger partial charge >= 0.3 is 6.09 Å². The zero-order valence-electron chi connectivity index (χ0n) is 26.2. The number of carbonyl (C=O) groups is 1. The van der Waals surface area contributed by atoms with E-state index in [1.165, 1.54) is 72.8 Å². The van der Waals surface area contributed by atoms with Crippen LogP contribution in [0.1, 0.15) is 106 Å². The van der Waals surface area contributed by atoms with E-state index in [0.29, 0.717) is 24.9 Å². The molecule has 3 rings (SSSR count). The van der Waals surface area contributed by atoms with Gasteiger partial charge in [0, 0.05) is 31.4 Å². The van der Waals surface area contributed by atoms with E-state index in [1.807, 2.05) is 32.7 Å². The van der Waals surface area contributed by atoms with Gasteiger partial charge < -0.3 is 9.64 Å². The molecule has 0 aromatic carbocycles. The van der Waals surface area contributed by atoms with Gasteiger partial charge in [-0.25, -0.2) is 4.79 Å². The van der Waals surface area contributed by atoms with Crippen LogP contribution in [0.3, 0.4) is 0 Å². The highest BCUT2D eigenvalue weighted by atomic mass is 16.6. The van der Waals surface area contributed by atoms with E-state index in [0.717, 1.165) is 24.1 Å². The van der Waals surface area contributed by atoms with Crippen molar-refractivity contribution in [2.75, 3.05) is 20.1 Å². The number of aliphatic imine (C=N–C) groups is 1. The molecule has 2 saturated carbocycles. The molecule has 4 nitrogen and oxygen atoms in total. The number of hydrogen-bond donors (Lipinski definition) is 0. The Hall–Kier alpha value is -2.36. The lowest BCUT2D eigenvalue weighted by molar-refractivity contribution is 0.0230. The molecule has 0 spiro atoms. The number of hydrogen-bond acceptors (Lipinski definition) is 3. The summed E-state index contributed by atoms with van der Waals surface area (Å²) in [5.74, 6) is 1.52. The summed E-state index contributed by atoms with van der Waals surface area (Å²) in [4.78, 5) is 19.4. The number of rotatable bonds is 7. The van der Waals surface area contributed by atoms with Crippen LogP contribution in [0.25, 0.3) is 0 Å². The first-order valence-corrected chi connectivity index (χ1v) is 15.3. The Labute approximate surface area is 239 Å². The van der Waals surface area contributed by atoms with Crippen LogP contribution < -0.4 is 0 Å². The molecule has 0 bridgehead atoms. The molecule has 0 aromatic rings. The highest BCUT2D eigenvalue weighted by Crippen LogP contribution is 2.44. The number of nitrogens with zero attached hydrogens (tertiary/aromatic N) is 2. The minimum absolute atomic E-state index is 0.212. The third kappa shape index (κ3) is 9.36. The monoisotopic (exact) mass is 534 g/mol. The van der Waals surface area contributed by atoms with Crippen molar-refractivity contribution in [3.63, 3.8) is 0 Å². The van der Waals surface area contributed by atoms with Gasteiger partial charge in [0.05, 0.1) is 0 Å². The summed E-state index contributed by atoms with van der Waals surface area (Å²) in [6.07, 6.45) is 18.2. The molecule has 2 fully saturated rings. The molecule has 1 heterocycles. The Bertz CT molecular complexity index is 1050. The molecule has 0 aromatic heterocycles. The zero-order valence-corrected chi connectivity index (χ0v) is 26.2. The van der Waals surface area contributed by atoms with Crippen molar-refractivity contribution < 1.29 is 9.53 Å². The van der Waals surface area contributed by atoms with Crippen molar-refractivity contribution >= 4 is 11.8 Å². The molecule has 216 valence electrons. The lowest BCUT2D eigenvalue weighted by Gasteiger charge is -2.31. The molecular weight excluding hydrogens is 480 g/mol. The van der Waals surface area contributed by atoms with E-state index in [1.54, 1.807) is 0 Å². The van der Waals surface area contributed by atoms with Crippen molar-refractivity contribution in [1.82, 2.24) is 4.90 Å². The minimum atomic E-state index is -0.486. The molecule has 39 heavy (non-hydrogen) atoms. The first-order chi connectivity index (χ1) is 18.4. The van der Waals surface area contributed by atoms with Gasteiger partial charge in [0.1, 0.15) is 5.60 Å². The SMILES string of the molecule is C=C(C)C(/C1=C\[C@@H](C)CN(C(=O)OC(C)(C)C)CCC1)=C(C(=C\C(C)=C/C1CCCCC1)/C1CC1)\C(C)=N/C. The van der Waals surface area contributed by atoms with Gasteiger partial charge in [-0.1, -0.05) is 62.1 Å². The molecular formula is C35H54N2O2. The summed E-state index contributed by atoms with van der Waals surface area (Å²) in [6.45, 7) is 20.4. The minimum Gasteiger partial charge on any atom is -0.444 e. The fraction of sp³-hybridized carbons (Fsp3) is 0.657. The van der Waals surface area contributed by atoms with E-state index < -0.39 is 5.60 Å². The molecule has 0 unspecified atom stereocenters. The second-order valence-electron chi connectivity index (χ2n) is 13.2. The molecule has 0 saturated heterocycles. The van der Waals surface area contributed by atoms with Gasteiger partial charge in [-0.3, -0.25) is 4.99 Å². The van der Waals surface area contributed by atoms with Crippen LogP contribution in [0.2, 0.25) is 0 Å². The van der Waals surface area contributed by atoms with Crippen LogP contribution >= 0.6 is 0 Å². The molecule has 4 heteroatoms. The average Bonchev–Trinajstić information content (AvgIpc) is 3.68. The number of ether oxygens (including phenoxy) is 1. The van der Waals surface area contributed by atoms with Gasteiger partial charge in [0.25, 0.3) is 0 Å². The maximum Gasteiger partial charge on any atom is 0.410 e. The fourth-order valence-corrected chi connectivity index (χ4v) is 6.13. The molecule has 2 aliphatic carbocycles. The second-order valence-corrected chi connectivity index (χ2v) is 13.2. The third-order valence-corrected chi connectivity index (χ3v) is 8.05. The van der Waals surface area contributed by atoms with Crippen molar-refractivity contribution in [3.8, 4) is 0 Å². The average molecular weight is 535 g/mol. The Morgan fingerprint density at radius 2 is 1.74 bits per heavy atom. The predicted molar refractivity (Wildman–Crippen MR) is 166 cm³/mol. The standard InChI is InChI=1S/C35H54N2O2/c1-24(2)32(30-16-13-19-37(23-26(4)21-30)34(38)39-35(6,7)8)33(27(5)36-9)31(29-17-18-29)22-25(3)20-28-14-11-10-12-15-28/h20-22,26,28-29H,1,10-19,23H2,2-9H3/b25-20-,30-21-,31-22-,33-32-,36-27-/t26-/m1/s1. The maximum absolute atomic E-state index is 12.8. The van der Waals surface area contributed by atoms with Crippen LogP contribution in [-0.4, -0.2) is 42.4 Å². The zero-order chi connectivity index (χ0) is 28.7. The largest absolute Gasteiger partial charge is 0.444 e. The molecule has 0 radical (unpaired) electrons. The Balaban J connectivity index is 2.02. The van der Waals surface area contributed by atoms with Gasteiger partial charge in [-0.2, -0.15) is 0 Å². The Morgan fingerprint density at radius 3 is 2.31 bits per heavy atom. The second kappa shape index (κ2) is 13.8. The maximum atomic E-state index is 12.8. The lowest BCUT2D eigenvalue weighted by atomic mass is 9.82. The van der Waals surface area contributed by atoms with Crippen LogP contribution in [0.5, 0.6) is 0 Å². The Kier molecular flexibility index (Phi) is 11.0. The third-order valence-electron chi connectivity index (χ3n) is 8.05. The summed E-state index contributed by atoms with van der Waals surface area (Å²) in [5, 5.41) is 0. The summed E-state index contributed by atoms with van der Waals surface area (Å²) in [7, 11) is 1.91. The first kappa shape index (κ1) is 31.2. The van der Waals surface area contributed by atoms with Crippen molar-refractivity contribution in [2.45, 2.75) is 112 Å².